The van der Waals surface area contributed by atoms with Crippen molar-refractivity contribution in [1.82, 2.24) is 19.7 Å². The van der Waals surface area contributed by atoms with E-state index < -0.39 is 11.1 Å². The Bertz CT molecular complexity index is 1060. The summed E-state index contributed by atoms with van der Waals surface area (Å²) >= 11 is 11.9. The molecule has 0 saturated heterocycles. The minimum Gasteiger partial charge on any atom is -0.394 e. The van der Waals surface area contributed by atoms with Crippen LogP contribution in [0.2, 0.25) is 10.0 Å². The maximum absolute atomic E-state index is 12.4. The van der Waals surface area contributed by atoms with Crippen molar-refractivity contribution in [3.63, 3.8) is 0 Å². The van der Waals surface area contributed by atoms with E-state index in [1.807, 2.05) is 0 Å². The monoisotopic (exact) mass is 413 g/mol. The zero-order chi connectivity index (χ0) is 19.4. The third-order valence-electron chi connectivity index (χ3n) is 3.76. The van der Waals surface area contributed by atoms with Crippen LogP contribution in [0.4, 0.5) is 5.95 Å². The van der Waals surface area contributed by atoms with Crippen molar-refractivity contribution in [1.29, 1.82) is 0 Å². The lowest BCUT2D eigenvalue weighted by atomic mass is 10.2. The molecule has 9 nitrogen and oxygen atoms in total. The summed E-state index contributed by atoms with van der Waals surface area (Å²) in [5.41, 5.74) is 0.0536. The third-order valence-corrected chi connectivity index (χ3v) is 4.49. The summed E-state index contributed by atoms with van der Waals surface area (Å²) in [5, 5.41) is 15.1. The summed E-state index contributed by atoms with van der Waals surface area (Å²) in [6.07, 6.45) is 0. The number of aromatic nitrogens is 4. The average molecular weight is 414 g/mol. The molecule has 0 saturated carbocycles. The number of nitrogens with one attached hydrogen (secondary N) is 3. The molecule has 11 heteroatoms. The van der Waals surface area contributed by atoms with Gasteiger partial charge in [0.15, 0.2) is 11.0 Å². The predicted molar refractivity (Wildman–Crippen MR) is 103 cm³/mol. The Morgan fingerprint density at radius 3 is 2.74 bits per heavy atom. The Hall–Kier alpha value is -2.33. The lowest BCUT2D eigenvalue weighted by Gasteiger charge is -2.07. The molecule has 3 aromatic rings. The molecule has 0 spiro atoms. The number of aromatic amines is 2. The van der Waals surface area contributed by atoms with Gasteiger partial charge in [0.05, 0.1) is 36.4 Å². The number of benzene rings is 1. The summed E-state index contributed by atoms with van der Waals surface area (Å²) in [5.74, 6) is 0.165. The summed E-state index contributed by atoms with van der Waals surface area (Å²) in [6.45, 7) is 0.898. The fourth-order valence-electron chi connectivity index (χ4n) is 2.52. The van der Waals surface area contributed by atoms with Crippen LogP contribution >= 0.6 is 23.2 Å². The molecule has 2 heterocycles. The topological polar surface area (TPSA) is 125 Å². The molecular formula is C16H17Cl2N5O4. The number of fused-ring (bicyclic) bond motifs is 1. The number of halogens is 2. The van der Waals surface area contributed by atoms with Gasteiger partial charge in [0.1, 0.15) is 0 Å². The fraction of sp³-hybridized carbons (Fsp3) is 0.312. The summed E-state index contributed by atoms with van der Waals surface area (Å²) < 4.78 is 6.53. The lowest BCUT2D eigenvalue weighted by Crippen LogP contribution is -2.17. The SMILES string of the molecule is O=c1[nH]n(CCOCCO)c2c(=O)[nH]c(NCc3ccc(Cl)c(Cl)c3)nc12. The number of nitrogens with zero attached hydrogens (tertiary/aromatic N) is 2. The zero-order valence-electron chi connectivity index (χ0n) is 14.1. The van der Waals surface area contributed by atoms with Gasteiger partial charge in [-0.2, -0.15) is 0 Å². The highest BCUT2D eigenvalue weighted by Gasteiger charge is 2.14. The number of rotatable bonds is 8. The van der Waals surface area contributed by atoms with Crippen molar-refractivity contribution in [3.8, 4) is 0 Å². The van der Waals surface area contributed by atoms with Gasteiger partial charge >= 0.3 is 0 Å². The van der Waals surface area contributed by atoms with E-state index in [0.717, 1.165) is 5.56 Å². The van der Waals surface area contributed by atoms with Gasteiger partial charge in [0.2, 0.25) is 5.95 Å². The van der Waals surface area contributed by atoms with E-state index >= 15 is 0 Å². The van der Waals surface area contributed by atoms with Crippen LogP contribution in [0, 0.1) is 0 Å². The van der Waals surface area contributed by atoms with Crippen molar-refractivity contribution in [2.24, 2.45) is 0 Å². The second-order valence-corrected chi connectivity index (χ2v) is 6.46. The molecule has 0 bridgehead atoms. The minimum atomic E-state index is -0.476. The highest BCUT2D eigenvalue weighted by molar-refractivity contribution is 6.42. The van der Waals surface area contributed by atoms with Crippen LogP contribution in [0.15, 0.2) is 27.8 Å². The second-order valence-electron chi connectivity index (χ2n) is 5.64. The first-order valence-electron chi connectivity index (χ1n) is 8.09. The molecule has 4 N–H and O–H groups in total. The molecule has 0 aliphatic rings. The van der Waals surface area contributed by atoms with Crippen molar-refractivity contribution < 1.29 is 9.84 Å². The first kappa shape index (κ1) is 19.4. The van der Waals surface area contributed by atoms with E-state index in [9.17, 15) is 9.59 Å². The summed E-state index contributed by atoms with van der Waals surface area (Å²) in [7, 11) is 0. The first-order valence-corrected chi connectivity index (χ1v) is 8.84. The summed E-state index contributed by atoms with van der Waals surface area (Å²) in [4.78, 5) is 31.3. The van der Waals surface area contributed by atoms with Gasteiger partial charge in [-0.05, 0) is 17.7 Å². The molecule has 0 atom stereocenters. The number of aliphatic hydroxyl groups excluding tert-OH is 1. The van der Waals surface area contributed by atoms with Gasteiger partial charge in [-0.1, -0.05) is 29.3 Å². The van der Waals surface area contributed by atoms with E-state index in [1.54, 1.807) is 18.2 Å². The fourth-order valence-corrected chi connectivity index (χ4v) is 2.84. The minimum absolute atomic E-state index is 0.0255. The maximum atomic E-state index is 12.4. The number of hydrogen-bond donors (Lipinski definition) is 4. The van der Waals surface area contributed by atoms with E-state index in [-0.39, 0.29) is 43.3 Å². The second kappa shape index (κ2) is 8.57. The van der Waals surface area contributed by atoms with Gasteiger partial charge in [0, 0.05) is 6.54 Å². The van der Waals surface area contributed by atoms with E-state index in [1.165, 1.54) is 4.68 Å². The average Bonchev–Trinajstić information content (AvgIpc) is 2.96. The Morgan fingerprint density at radius 2 is 2.00 bits per heavy atom. The Morgan fingerprint density at radius 1 is 1.19 bits per heavy atom. The predicted octanol–water partition coefficient (Wildman–Crippen LogP) is 1.34. The highest BCUT2D eigenvalue weighted by Crippen LogP contribution is 2.22. The zero-order valence-corrected chi connectivity index (χ0v) is 15.6. The van der Waals surface area contributed by atoms with E-state index in [2.05, 4.69) is 20.4 Å². The Labute approximate surface area is 162 Å². The number of ether oxygens (including phenoxy) is 1. The molecule has 0 aliphatic carbocycles. The molecule has 27 heavy (non-hydrogen) atoms. The number of aliphatic hydroxyl groups is 1. The number of hydrogen-bond acceptors (Lipinski definition) is 6. The molecule has 2 aromatic heterocycles. The molecule has 0 aliphatic heterocycles. The van der Waals surface area contributed by atoms with Gasteiger partial charge in [-0.3, -0.25) is 24.4 Å². The summed E-state index contributed by atoms with van der Waals surface area (Å²) in [6, 6.07) is 5.15. The van der Waals surface area contributed by atoms with Crippen molar-refractivity contribution >= 4 is 40.2 Å². The van der Waals surface area contributed by atoms with Crippen LogP contribution in [0.25, 0.3) is 11.0 Å². The smallest absolute Gasteiger partial charge is 0.290 e. The molecule has 1 aromatic carbocycles. The van der Waals surface area contributed by atoms with Crippen LogP contribution in [-0.2, 0) is 17.8 Å². The lowest BCUT2D eigenvalue weighted by molar-refractivity contribution is 0.0859. The third kappa shape index (κ3) is 4.51. The van der Waals surface area contributed by atoms with E-state index in [0.29, 0.717) is 16.6 Å². The standard InChI is InChI=1S/C16H17Cl2N5O4/c17-10-2-1-9(7-11(10)18)8-19-16-20-12-13(15(26)21-16)23(22-14(12)25)3-5-27-6-4-24/h1-2,7,24H,3-6,8H2,(H,22,25)(H2,19,20,21,26). The van der Waals surface area contributed by atoms with Gasteiger partial charge in [0.25, 0.3) is 11.1 Å². The van der Waals surface area contributed by atoms with Gasteiger partial charge in [-0.15, -0.1) is 0 Å². The number of anilines is 1. The normalized spacial score (nSPS) is 11.2. The number of H-pyrrole nitrogens is 2. The van der Waals surface area contributed by atoms with Crippen molar-refractivity contribution in [3.05, 3.63) is 54.5 Å². The van der Waals surface area contributed by atoms with Crippen LogP contribution in [-0.4, -0.2) is 44.7 Å². The molecule has 0 amide bonds. The van der Waals surface area contributed by atoms with Crippen molar-refractivity contribution in [2.45, 2.75) is 13.1 Å². The van der Waals surface area contributed by atoms with Crippen LogP contribution in [0.5, 0.6) is 0 Å². The van der Waals surface area contributed by atoms with Crippen molar-refractivity contribution in [2.75, 3.05) is 25.1 Å². The van der Waals surface area contributed by atoms with Gasteiger partial charge < -0.3 is 15.2 Å². The molecule has 3 rings (SSSR count). The molecule has 0 unspecified atom stereocenters. The van der Waals surface area contributed by atoms with Gasteiger partial charge in [-0.25, -0.2) is 4.98 Å². The first-order chi connectivity index (χ1) is 13.0. The maximum Gasteiger partial charge on any atom is 0.290 e. The molecule has 0 fully saturated rings. The molecular weight excluding hydrogens is 397 g/mol. The Kier molecular flexibility index (Phi) is 6.17. The Balaban J connectivity index is 1.80. The quantitative estimate of drug-likeness (QED) is 0.413. The van der Waals surface area contributed by atoms with Crippen LogP contribution in [0.1, 0.15) is 5.56 Å². The van der Waals surface area contributed by atoms with E-state index in [4.69, 9.17) is 33.0 Å². The van der Waals surface area contributed by atoms with Crippen LogP contribution < -0.4 is 16.4 Å². The molecule has 144 valence electrons. The molecule has 0 radical (unpaired) electrons. The largest absolute Gasteiger partial charge is 0.394 e. The van der Waals surface area contributed by atoms with Crippen LogP contribution in [0.3, 0.4) is 0 Å². The highest BCUT2D eigenvalue weighted by atomic mass is 35.5.